The van der Waals surface area contributed by atoms with E-state index in [1.165, 1.54) is 11.8 Å². The standard InChI is InChI=1S/C20H20N4O5S2/c1-28-10-9-21-18(26)12-30-16-8-3-2-5-13(16)20(27)29-11-17(25)22-14-6-4-7-15-19(14)24-31-23-15/h2-8H,9-12H2,1H3,(H,21,26)(H,22,25). The van der Waals surface area contributed by atoms with E-state index in [9.17, 15) is 14.4 Å². The smallest absolute Gasteiger partial charge is 0.339 e. The largest absolute Gasteiger partial charge is 0.452 e. The van der Waals surface area contributed by atoms with Gasteiger partial charge in [-0.15, -0.1) is 11.8 Å². The van der Waals surface area contributed by atoms with E-state index in [4.69, 9.17) is 9.47 Å². The molecule has 1 aromatic heterocycles. The summed E-state index contributed by atoms with van der Waals surface area (Å²) in [5.41, 5.74) is 2.05. The minimum atomic E-state index is -0.647. The number of esters is 1. The quantitative estimate of drug-likeness (QED) is 0.269. The SMILES string of the molecule is COCCNC(=O)CSc1ccccc1C(=O)OCC(=O)Nc1cccc2nsnc12. The van der Waals surface area contributed by atoms with Crippen LogP contribution in [0.25, 0.3) is 11.0 Å². The van der Waals surface area contributed by atoms with Crippen LogP contribution in [0.1, 0.15) is 10.4 Å². The van der Waals surface area contributed by atoms with Gasteiger partial charge in [0.1, 0.15) is 11.0 Å². The number of carbonyl (C=O) groups excluding carboxylic acids is 3. The van der Waals surface area contributed by atoms with Gasteiger partial charge < -0.3 is 20.1 Å². The van der Waals surface area contributed by atoms with Gasteiger partial charge >= 0.3 is 5.97 Å². The van der Waals surface area contributed by atoms with Crippen molar-refractivity contribution in [1.29, 1.82) is 0 Å². The minimum absolute atomic E-state index is 0.139. The first-order chi connectivity index (χ1) is 15.1. The second-order valence-electron chi connectivity index (χ2n) is 6.19. The lowest BCUT2D eigenvalue weighted by molar-refractivity contribution is -0.119. The summed E-state index contributed by atoms with van der Waals surface area (Å²) >= 11 is 2.26. The van der Waals surface area contributed by atoms with Gasteiger partial charge in [-0.2, -0.15) is 8.75 Å². The molecule has 2 aromatic carbocycles. The minimum Gasteiger partial charge on any atom is -0.452 e. The third-order valence-corrected chi connectivity index (χ3v) is 5.60. The number of ether oxygens (including phenoxy) is 2. The van der Waals surface area contributed by atoms with E-state index >= 15 is 0 Å². The molecule has 3 rings (SSSR count). The third kappa shape index (κ3) is 6.48. The first-order valence-electron chi connectivity index (χ1n) is 9.24. The Hall–Kier alpha value is -3.02. The number of nitrogens with one attached hydrogen (secondary N) is 2. The monoisotopic (exact) mass is 460 g/mol. The zero-order chi connectivity index (χ0) is 22.1. The summed E-state index contributed by atoms with van der Waals surface area (Å²) in [6, 6.07) is 12.0. The van der Waals surface area contributed by atoms with Crippen molar-refractivity contribution in [3.63, 3.8) is 0 Å². The first kappa shape index (κ1) is 22.7. The molecule has 0 unspecified atom stereocenters. The number of hydrogen-bond donors (Lipinski definition) is 2. The fraction of sp³-hybridized carbons (Fsp3) is 0.250. The number of carbonyl (C=O) groups is 3. The van der Waals surface area contributed by atoms with Gasteiger partial charge in [0.05, 0.1) is 35.3 Å². The van der Waals surface area contributed by atoms with Crippen molar-refractivity contribution >= 4 is 58.0 Å². The van der Waals surface area contributed by atoms with E-state index in [1.54, 1.807) is 49.6 Å². The van der Waals surface area contributed by atoms with E-state index in [0.717, 1.165) is 11.7 Å². The molecule has 0 saturated heterocycles. The van der Waals surface area contributed by atoms with Crippen LogP contribution < -0.4 is 10.6 Å². The summed E-state index contributed by atoms with van der Waals surface area (Å²) in [5, 5.41) is 5.39. The molecule has 0 aliphatic rings. The molecular weight excluding hydrogens is 440 g/mol. The number of aromatic nitrogens is 2. The first-order valence-corrected chi connectivity index (χ1v) is 11.0. The van der Waals surface area contributed by atoms with Gasteiger partial charge in [0.25, 0.3) is 5.91 Å². The zero-order valence-electron chi connectivity index (χ0n) is 16.6. The third-order valence-electron chi connectivity index (χ3n) is 3.99. The molecule has 0 spiro atoms. The van der Waals surface area contributed by atoms with Gasteiger partial charge in [-0.05, 0) is 24.3 Å². The molecule has 2 N–H and O–H groups in total. The lowest BCUT2D eigenvalue weighted by Gasteiger charge is -2.10. The van der Waals surface area contributed by atoms with E-state index in [2.05, 4.69) is 19.4 Å². The molecule has 0 aliphatic carbocycles. The summed E-state index contributed by atoms with van der Waals surface area (Å²) in [6.07, 6.45) is 0. The summed E-state index contributed by atoms with van der Waals surface area (Å²) in [6.45, 7) is 0.386. The molecule has 11 heteroatoms. The summed E-state index contributed by atoms with van der Waals surface area (Å²) in [7, 11) is 1.56. The fourth-order valence-electron chi connectivity index (χ4n) is 2.55. The van der Waals surface area contributed by atoms with Crippen LogP contribution in [0.3, 0.4) is 0 Å². The van der Waals surface area contributed by atoms with Gasteiger partial charge in [-0.1, -0.05) is 18.2 Å². The Morgan fingerprint density at radius 2 is 1.90 bits per heavy atom. The number of hydrogen-bond acceptors (Lipinski definition) is 9. The number of nitrogens with zero attached hydrogens (tertiary/aromatic N) is 2. The Morgan fingerprint density at radius 1 is 1.06 bits per heavy atom. The molecule has 162 valence electrons. The van der Waals surface area contributed by atoms with Crippen molar-refractivity contribution < 1.29 is 23.9 Å². The highest BCUT2D eigenvalue weighted by atomic mass is 32.2. The Labute approximate surface area is 186 Å². The van der Waals surface area contributed by atoms with Gasteiger partial charge in [0.15, 0.2) is 6.61 Å². The van der Waals surface area contributed by atoms with E-state index in [-0.39, 0.29) is 17.2 Å². The predicted octanol–water partition coefficient (Wildman–Crippen LogP) is 2.34. The van der Waals surface area contributed by atoms with Crippen LogP contribution in [-0.4, -0.2) is 59.2 Å². The van der Waals surface area contributed by atoms with Crippen molar-refractivity contribution in [1.82, 2.24) is 14.1 Å². The fourth-order valence-corrected chi connectivity index (χ4v) is 3.97. The van der Waals surface area contributed by atoms with Crippen molar-refractivity contribution in [2.45, 2.75) is 4.90 Å². The zero-order valence-corrected chi connectivity index (χ0v) is 18.3. The van der Waals surface area contributed by atoms with E-state index < -0.39 is 18.5 Å². The maximum Gasteiger partial charge on any atom is 0.339 e. The molecule has 0 saturated carbocycles. The molecule has 1 heterocycles. The van der Waals surface area contributed by atoms with Crippen LogP contribution in [-0.2, 0) is 19.1 Å². The Bertz CT molecular complexity index is 1070. The number of fused-ring (bicyclic) bond motifs is 1. The van der Waals surface area contributed by atoms with Crippen molar-refractivity contribution in [2.75, 3.05) is 37.9 Å². The molecule has 0 atom stereocenters. The summed E-state index contributed by atoms with van der Waals surface area (Å²) in [5.74, 6) is -1.17. The van der Waals surface area contributed by atoms with Crippen LogP contribution in [0, 0.1) is 0 Å². The molecule has 0 radical (unpaired) electrons. The maximum absolute atomic E-state index is 12.5. The number of thioether (sulfide) groups is 1. The van der Waals surface area contributed by atoms with Crippen molar-refractivity contribution in [3.05, 3.63) is 48.0 Å². The second-order valence-corrected chi connectivity index (χ2v) is 7.74. The molecular formula is C20H20N4O5S2. The lowest BCUT2D eigenvalue weighted by Crippen LogP contribution is -2.28. The summed E-state index contributed by atoms with van der Waals surface area (Å²) < 4.78 is 18.3. The van der Waals surface area contributed by atoms with Gasteiger partial charge in [0.2, 0.25) is 5.91 Å². The molecule has 31 heavy (non-hydrogen) atoms. The Morgan fingerprint density at radius 3 is 2.74 bits per heavy atom. The number of benzene rings is 2. The normalized spacial score (nSPS) is 10.6. The van der Waals surface area contributed by atoms with E-state index in [0.29, 0.717) is 34.8 Å². The second kappa shape index (κ2) is 11.4. The molecule has 0 aliphatic heterocycles. The van der Waals surface area contributed by atoms with Gasteiger partial charge in [-0.25, -0.2) is 4.79 Å². The Balaban J connectivity index is 1.54. The van der Waals surface area contributed by atoms with Crippen LogP contribution in [0.4, 0.5) is 5.69 Å². The highest BCUT2D eigenvalue weighted by Crippen LogP contribution is 2.24. The molecule has 3 aromatic rings. The number of anilines is 1. The number of rotatable bonds is 10. The molecule has 0 bridgehead atoms. The summed E-state index contributed by atoms with van der Waals surface area (Å²) in [4.78, 5) is 37.2. The van der Waals surface area contributed by atoms with Gasteiger partial charge in [-0.3, -0.25) is 9.59 Å². The molecule has 2 amide bonds. The molecule has 9 nitrogen and oxygen atoms in total. The highest BCUT2D eigenvalue weighted by molar-refractivity contribution is 8.00. The van der Waals surface area contributed by atoms with E-state index in [1.807, 2.05) is 0 Å². The van der Waals surface area contributed by atoms with Crippen molar-refractivity contribution in [2.24, 2.45) is 0 Å². The van der Waals surface area contributed by atoms with Crippen LogP contribution in [0.5, 0.6) is 0 Å². The average Bonchev–Trinajstić information content (AvgIpc) is 3.26. The number of methoxy groups -OCH3 is 1. The maximum atomic E-state index is 12.5. The lowest BCUT2D eigenvalue weighted by atomic mass is 10.2. The Kier molecular flexibility index (Phi) is 8.33. The topological polar surface area (TPSA) is 120 Å². The van der Waals surface area contributed by atoms with Crippen molar-refractivity contribution in [3.8, 4) is 0 Å². The van der Waals surface area contributed by atoms with Crippen LogP contribution >= 0.6 is 23.5 Å². The number of amides is 2. The average molecular weight is 461 g/mol. The van der Waals surface area contributed by atoms with Gasteiger partial charge in [0, 0.05) is 18.6 Å². The predicted molar refractivity (Wildman–Crippen MR) is 118 cm³/mol. The van der Waals surface area contributed by atoms with Crippen LogP contribution in [0.2, 0.25) is 0 Å². The molecule has 0 fully saturated rings. The highest BCUT2D eigenvalue weighted by Gasteiger charge is 2.16. The van der Waals surface area contributed by atoms with Crippen LogP contribution in [0.15, 0.2) is 47.4 Å².